The Morgan fingerprint density at radius 1 is 1.40 bits per heavy atom. The van der Waals surface area contributed by atoms with E-state index in [9.17, 15) is 20.0 Å². The quantitative estimate of drug-likeness (QED) is 0.639. The highest BCUT2D eigenvalue weighted by Crippen LogP contribution is 2.29. The molecule has 1 aliphatic rings. The van der Waals surface area contributed by atoms with Gasteiger partial charge >= 0.3 is 5.97 Å². The number of aliphatic hydroxyl groups is 1. The molecule has 2 rings (SSSR count). The number of hydrogen-bond donors (Lipinski definition) is 2. The van der Waals surface area contributed by atoms with Gasteiger partial charge in [0.1, 0.15) is 0 Å². The minimum absolute atomic E-state index is 0.0676. The summed E-state index contributed by atoms with van der Waals surface area (Å²) >= 11 is 0. The molecule has 0 radical (unpaired) electrons. The molecule has 0 aromatic heterocycles. The molecule has 1 saturated heterocycles. The minimum atomic E-state index is -1.10. The Bertz CT molecular complexity index is 523. The normalized spacial score (nSPS) is 16.1. The van der Waals surface area contributed by atoms with Gasteiger partial charge in [-0.05, 0) is 24.8 Å². The van der Waals surface area contributed by atoms with Crippen LogP contribution in [0.15, 0.2) is 18.2 Å². The van der Waals surface area contributed by atoms with Crippen LogP contribution in [-0.4, -0.2) is 40.8 Å². The van der Waals surface area contributed by atoms with Crippen LogP contribution in [-0.2, 0) is 0 Å². The fourth-order valence-electron chi connectivity index (χ4n) is 2.43. The molecular weight excluding hydrogens is 264 g/mol. The first-order valence-corrected chi connectivity index (χ1v) is 6.40. The molecule has 0 saturated carbocycles. The van der Waals surface area contributed by atoms with Gasteiger partial charge in [0, 0.05) is 31.8 Å². The summed E-state index contributed by atoms with van der Waals surface area (Å²) in [6.07, 6.45) is 1.50. The smallest absolute Gasteiger partial charge is 0.337 e. The van der Waals surface area contributed by atoms with Crippen LogP contribution in [0.3, 0.4) is 0 Å². The van der Waals surface area contributed by atoms with Crippen molar-refractivity contribution >= 4 is 17.3 Å². The van der Waals surface area contributed by atoms with Crippen molar-refractivity contribution in [2.75, 3.05) is 24.6 Å². The summed E-state index contributed by atoms with van der Waals surface area (Å²) in [5.74, 6) is -0.877. The average molecular weight is 280 g/mol. The van der Waals surface area contributed by atoms with Crippen molar-refractivity contribution in [3.05, 3.63) is 33.9 Å². The number of rotatable bonds is 4. The number of carbonyl (C=O) groups is 1. The molecule has 1 aliphatic heterocycles. The number of nitro benzene ring substituents is 1. The monoisotopic (exact) mass is 280 g/mol. The van der Waals surface area contributed by atoms with Crippen LogP contribution in [0.4, 0.5) is 11.4 Å². The van der Waals surface area contributed by atoms with Gasteiger partial charge in [0.2, 0.25) is 0 Å². The lowest BCUT2D eigenvalue weighted by Crippen LogP contribution is -2.35. The summed E-state index contributed by atoms with van der Waals surface area (Å²) < 4.78 is 0. The number of anilines is 1. The summed E-state index contributed by atoms with van der Waals surface area (Å²) in [4.78, 5) is 23.4. The van der Waals surface area contributed by atoms with E-state index in [1.54, 1.807) is 0 Å². The Balaban J connectivity index is 2.31. The molecule has 1 aromatic carbocycles. The summed E-state index contributed by atoms with van der Waals surface area (Å²) in [5.41, 5.74) is 0.329. The van der Waals surface area contributed by atoms with Gasteiger partial charge in [-0.15, -0.1) is 0 Å². The van der Waals surface area contributed by atoms with Crippen LogP contribution < -0.4 is 4.90 Å². The van der Waals surface area contributed by atoms with E-state index >= 15 is 0 Å². The van der Waals surface area contributed by atoms with E-state index in [1.165, 1.54) is 18.2 Å². The molecule has 0 bridgehead atoms. The van der Waals surface area contributed by atoms with Crippen molar-refractivity contribution in [2.24, 2.45) is 5.92 Å². The van der Waals surface area contributed by atoms with Crippen LogP contribution in [0.25, 0.3) is 0 Å². The zero-order valence-electron chi connectivity index (χ0n) is 10.9. The van der Waals surface area contributed by atoms with E-state index < -0.39 is 10.9 Å². The van der Waals surface area contributed by atoms with E-state index in [1.807, 2.05) is 4.90 Å². The molecule has 1 fully saturated rings. The maximum Gasteiger partial charge on any atom is 0.337 e. The fraction of sp³-hybridized carbons (Fsp3) is 0.462. The zero-order chi connectivity index (χ0) is 14.7. The summed E-state index contributed by atoms with van der Waals surface area (Å²) in [7, 11) is 0. The molecule has 0 aliphatic carbocycles. The number of piperidine rings is 1. The highest BCUT2D eigenvalue weighted by Gasteiger charge is 2.24. The van der Waals surface area contributed by atoms with Crippen molar-refractivity contribution in [2.45, 2.75) is 12.8 Å². The van der Waals surface area contributed by atoms with Gasteiger partial charge in [-0.1, -0.05) is 0 Å². The van der Waals surface area contributed by atoms with Gasteiger partial charge in [0.15, 0.2) is 0 Å². The lowest BCUT2D eigenvalue weighted by Gasteiger charge is -2.33. The Morgan fingerprint density at radius 3 is 2.55 bits per heavy atom. The van der Waals surface area contributed by atoms with Crippen molar-refractivity contribution in [1.82, 2.24) is 0 Å². The Kier molecular flexibility index (Phi) is 4.19. The number of nitro groups is 1. The molecule has 2 N–H and O–H groups in total. The predicted molar refractivity (Wildman–Crippen MR) is 72.1 cm³/mol. The lowest BCUT2D eigenvalue weighted by atomic mass is 9.96. The molecule has 0 amide bonds. The van der Waals surface area contributed by atoms with Crippen LogP contribution in [0.2, 0.25) is 0 Å². The van der Waals surface area contributed by atoms with E-state index in [0.29, 0.717) is 18.8 Å². The molecule has 1 heterocycles. The SMILES string of the molecule is O=C(O)c1ccc([N+](=O)[O-])cc1N1CCC(CO)CC1. The van der Waals surface area contributed by atoms with Crippen molar-refractivity contribution in [3.63, 3.8) is 0 Å². The first-order valence-electron chi connectivity index (χ1n) is 6.40. The van der Waals surface area contributed by atoms with E-state index in [2.05, 4.69) is 0 Å². The van der Waals surface area contributed by atoms with Gasteiger partial charge in [-0.25, -0.2) is 4.79 Å². The zero-order valence-corrected chi connectivity index (χ0v) is 10.9. The number of aromatic carboxylic acids is 1. The summed E-state index contributed by atoms with van der Waals surface area (Å²) in [6.45, 7) is 1.30. The number of non-ortho nitro benzene ring substituents is 1. The minimum Gasteiger partial charge on any atom is -0.478 e. The third kappa shape index (κ3) is 2.88. The standard InChI is InChI=1S/C13H16N2O5/c16-8-9-3-5-14(6-4-9)12-7-10(15(19)20)1-2-11(12)13(17)18/h1-2,7,9,16H,3-6,8H2,(H,17,18). The molecule has 7 heteroatoms. The molecule has 0 unspecified atom stereocenters. The lowest BCUT2D eigenvalue weighted by molar-refractivity contribution is -0.384. The average Bonchev–Trinajstić information content (AvgIpc) is 2.46. The third-order valence-electron chi connectivity index (χ3n) is 3.64. The molecule has 0 spiro atoms. The summed E-state index contributed by atoms with van der Waals surface area (Å²) in [5, 5.41) is 29.1. The van der Waals surface area contributed by atoms with Gasteiger partial charge in [0.05, 0.1) is 16.2 Å². The van der Waals surface area contributed by atoms with Crippen molar-refractivity contribution in [3.8, 4) is 0 Å². The Labute approximate surface area is 115 Å². The maximum atomic E-state index is 11.2. The largest absolute Gasteiger partial charge is 0.478 e. The van der Waals surface area contributed by atoms with Crippen molar-refractivity contribution in [1.29, 1.82) is 0 Å². The second-order valence-electron chi connectivity index (χ2n) is 4.88. The van der Waals surface area contributed by atoms with Gasteiger partial charge in [-0.3, -0.25) is 10.1 Å². The Hall–Kier alpha value is -2.15. The second-order valence-corrected chi connectivity index (χ2v) is 4.88. The van der Waals surface area contributed by atoms with Crippen LogP contribution in [0, 0.1) is 16.0 Å². The van der Waals surface area contributed by atoms with E-state index in [-0.39, 0.29) is 23.8 Å². The molecule has 1 aromatic rings. The van der Waals surface area contributed by atoms with E-state index in [0.717, 1.165) is 12.8 Å². The first-order chi connectivity index (χ1) is 9.52. The third-order valence-corrected chi connectivity index (χ3v) is 3.64. The summed E-state index contributed by atoms with van der Waals surface area (Å²) in [6, 6.07) is 3.78. The first kappa shape index (κ1) is 14.3. The second kappa shape index (κ2) is 5.87. The number of benzene rings is 1. The number of carboxylic acids is 1. The highest BCUT2D eigenvalue weighted by atomic mass is 16.6. The molecule has 0 atom stereocenters. The number of nitrogens with zero attached hydrogens (tertiary/aromatic N) is 2. The van der Waals surface area contributed by atoms with Gasteiger partial charge < -0.3 is 15.1 Å². The molecule has 108 valence electrons. The fourth-order valence-corrected chi connectivity index (χ4v) is 2.43. The van der Waals surface area contributed by atoms with Gasteiger partial charge in [0.25, 0.3) is 5.69 Å². The molecule has 20 heavy (non-hydrogen) atoms. The van der Waals surface area contributed by atoms with Crippen LogP contribution in [0.1, 0.15) is 23.2 Å². The van der Waals surface area contributed by atoms with Crippen LogP contribution >= 0.6 is 0 Å². The topological polar surface area (TPSA) is 104 Å². The molecule has 7 nitrogen and oxygen atoms in total. The van der Waals surface area contributed by atoms with Gasteiger partial charge in [-0.2, -0.15) is 0 Å². The van der Waals surface area contributed by atoms with Crippen LogP contribution in [0.5, 0.6) is 0 Å². The number of aliphatic hydroxyl groups excluding tert-OH is 1. The van der Waals surface area contributed by atoms with Crippen molar-refractivity contribution < 1.29 is 19.9 Å². The maximum absolute atomic E-state index is 11.2. The predicted octanol–water partition coefficient (Wildman–Crippen LogP) is 1.50. The number of hydrogen-bond acceptors (Lipinski definition) is 5. The number of carboxylic acid groups (broad SMARTS) is 1. The molecular formula is C13H16N2O5. The van der Waals surface area contributed by atoms with E-state index in [4.69, 9.17) is 5.11 Å². The Morgan fingerprint density at radius 2 is 2.05 bits per heavy atom. The highest BCUT2D eigenvalue weighted by molar-refractivity contribution is 5.95.